The molecule has 248 valence electrons. The van der Waals surface area contributed by atoms with E-state index >= 15 is 8.78 Å². The molecule has 1 saturated heterocycles. The quantitative estimate of drug-likeness (QED) is 0.115. The second kappa shape index (κ2) is 17.1. The topological polar surface area (TPSA) is 49.4 Å². The number of hydrogen-bond acceptors (Lipinski definition) is 6. The minimum atomic E-state index is -0.815. The lowest BCUT2D eigenvalue weighted by atomic mass is 9.94. The van der Waals surface area contributed by atoms with Crippen molar-refractivity contribution in [1.82, 2.24) is 5.06 Å². The molecule has 0 radical (unpaired) electrons. The van der Waals surface area contributed by atoms with Crippen LogP contribution in [0.15, 0.2) is 140 Å². The third-order valence-corrected chi connectivity index (χ3v) is 8.20. The zero-order valence-electron chi connectivity index (χ0n) is 26.6. The van der Waals surface area contributed by atoms with Gasteiger partial charge in [0.05, 0.1) is 45.6 Å². The molecule has 5 aromatic rings. The highest BCUT2D eigenvalue weighted by atomic mass is 19.1. The van der Waals surface area contributed by atoms with Crippen molar-refractivity contribution >= 4 is 0 Å². The minimum Gasteiger partial charge on any atom is -0.399 e. The number of piperidine rings is 1. The highest BCUT2D eigenvalue weighted by Crippen LogP contribution is 2.32. The molecule has 1 fully saturated rings. The van der Waals surface area contributed by atoms with Crippen LogP contribution in [0.4, 0.5) is 8.78 Å². The van der Waals surface area contributed by atoms with Gasteiger partial charge in [-0.1, -0.05) is 127 Å². The number of ether oxygens (including phenoxy) is 4. The Morgan fingerprint density at radius 3 is 1.44 bits per heavy atom. The molecule has 0 bridgehead atoms. The van der Waals surface area contributed by atoms with Crippen LogP contribution in [0.1, 0.15) is 22.3 Å². The molecular weight excluding hydrogens is 612 g/mol. The number of hydroxylamine groups is 2. The molecule has 1 aliphatic heterocycles. The standard InChI is InChI=1S/C40H39F2NO5/c41-34-22-13-23-35(42)38(34)48-43-24-37(45-26-31-16-7-2-8-17-31)40(47-28-33-20-11-4-12-21-33)39(46-27-32-18-9-3-10-19-32)36(43)29-44-25-30-14-5-1-6-15-30/h1-23,36-37,39-40H,24-29H2/t36-,37+,39-,40-/m1/s1. The molecule has 0 aliphatic carbocycles. The fourth-order valence-electron chi connectivity index (χ4n) is 5.72. The van der Waals surface area contributed by atoms with Gasteiger partial charge in [0.1, 0.15) is 18.3 Å². The Morgan fingerprint density at radius 2 is 0.938 bits per heavy atom. The van der Waals surface area contributed by atoms with Gasteiger partial charge in [-0.3, -0.25) is 0 Å². The second-order valence-corrected chi connectivity index (χ2v) is 11.7. The fourth-order valence-corrected chi connectivity index (χ4v) is 5.72. The minimum absolute atomic E-state index is 0.126. The van der Waals surface area contributed by atoms with Gasteiger partial charge < -0.3 is 23.8 Å². The van der Waals surface area contributed by atoms with E-state index in [4.69, 9.17) is 23.8 Å². The molecule has 0 spiro atoms. The Labute approximate surface area is 280 Å². The van der Waals surface area contributed by atoms with E-state index in [1.165, 1.54) is 23.3 Å². The average Bonchev–Trinajstić information content (AvgIpc) is 3.13. The lowest BCUT2D eigenvalue weighted by Gasteiger charge is -2.47. The third-order valence-electron chi connectivity index (χ3n) is 8.20. The van der Waals surface area contributed by atoms with Gasteiger partial charge in [-0.15, -0.1) is 5.06 Å². The molecule has 0 saturated carbocycles. The predicted molar refractivity (Wildman–Crippen MR) is 179 cm³/mol. The number of benzene rings is 5. The first kappa shape index (κ1) is 33.5. The molecule has 0 unspecified atom stereocenters. The lowest BCUT2D eigenvalue weighted by molar-refractivity contribution is -0.262. The fraction of sp³-hybridized carbons (Fsp3) is 0.250. The van der Waals surface area contributed by atoms with Gasteiger partial charge in [-0.05, 0) is 34.4 Å². The van der Waals surface area contributed by atoms with Crippen LogP contribution in [0.3, 0.4) is 0 Å². The summed E-state index contributed by atoms with van der Waals surface area (Å²) in [6.45, 7) is 1.44. The maximum atomic E-state index is 15.0. The first-order valence-electron chi connectivity index (χ1n) is 16.1. The number of rotatable bonds is 15. The van der Waals surface area contributed by atoms with Crippen molar-refractivity contribution in [1.29, 1.82) is 0 Å². The predicted octanol–water partition coefficient (Wildman–Crippen LogP) is 7.92. The van der Waals surface area contributed by atoms with Crippen molar-refractivity contribution in [3.05, 3.63) is 173 Å². The summed E-state index contributed by atoms with van der Waals surface area (Å²) in [7, 11) is 0. The number of hydrogen-bond donors (Lipinski definition) is 0. The first-order valence-corrected chi connectivity index (χ1v) is 16.1. The van der Waals surface area contributed by atoms with E-state index in [0.717, 1.165) is 22.3 Å². The molecule has 1 heterocycles. The number of nitrogens with zero attached hydrogens (tertiary/aromatic N) is 1. The van der Waals surface area contributed by atoms with Crippen LogP contribution in [0.5, 0.6) is 5.75 Å². The largest absolute Gasteiger partial charge is 0.399 e. The molecule has 0 aromatic heterocycles. The first-order chi connectivity index (χ1) is 23.6. The summed E-state index contributed by atoms with van der Waals surface area (Å²) in [5, 5.41) is 1.53. The maximum absolute atomic E-state index is 15.0. The van der Waals surface area contributed by atoms with Crippen LogP contribution in [0.2, 0.25) is 0 Å². The smallest absolute Gasteiger partial charge is 0.218 e. The molecule has 1 aliphatic rings. The highest BCUT2D eigenvalue weighted by Gasteiger charge is 2.48. The van der Waals surface area contributed by atoms with Crippen molar-refractivity contribution in [3.63, 3.8) is 0 Å². The molecule has 0 amide bonds. The van der Waals surface area contributed by atoms with Crippen LogP contribution >= 0.6 is 0 Å². The van der Waals surface area contributed by atoms with Gasteiger partial charge in [0.15, 0.2) is 11.6 Å². The SMILES string of the molecule is Fc1cccc(F)c1ON1C[C@H](OCc2ccccc2)[C@@H](OCc2ccccc2)[C@H](OCc2ccccc2)[C@H]1COCc1ccccc1. The Morgan fingerprint density at radius 1 is 0.500 bits per heavy atom. The second-order valence-electron chi connectivity index (χ2n) is 11.7. The van der Waals surface area contributed by atoms with E-state index in [2.05, 4.69) is 0 Å². The summed E-state index contributed by atoms with van der Waals surface area (Å²) >= 11 is 0. The van der Waals surface area contributed by atoms with Crippen LogP contribution in [-0.2, 0) is 45.4 Å². The van der Waals surface area contributed by atoms with Gasteiger partial charge in [0.2, 0.25) is 5.75 Å². The molecule has 6 rings (SSSR count). The molecule has 8 heteroatoms. The normalized spacial score (nSPS) is 19.6. The van der Waals surface area contributed by atoms with Crippen LogP contribution in [0, 0.1) is 11.6 Å². The van der Waals surface area contributed by atoms with Crippen LogP contribution in [-0.4, -0.2) is 42.6 Å². The van der Waals surface area contributed by atoms with Crippen molar-refractivity contribution in [2.45, 2.75) is 50.8 Å². The zero-order chi connectivity index (χ0) is 33.0. The van der Waals surface area contributed by atoms with Gasteiger partial charge in [-0.2, -0.15) is 0 Å². The van der Waals surface area contributed by atoms with Crippen molar-refractivity contribution in [2.75, 3.05) is 13.2 Å². The molecule has 0 N–H and O–H groups in total. The molecule has 5 aromatic carbocycles. The van der Waals surface area contributed by atoms with Crippen molar-refractivity contribution < 1.29 is 32.6 Å². The lowest BCUT2D eigenvalue weighted by Crippen LogP contribution is -2.65. The van der Waals surface area contributed by atoms with Gasteiger partial charge >= 0.3 is 0 Å². The van der Waals surface area contributed by atoms with Gasteiger partial charge in [0, 0.05) is 0 Å². The Hall–Kier alpha value is -4.44. The number of halogens is 2. The average molecular weight is 652 g/mol. The van der Waals surface area contributed by atoms with Crippen LogP contribution in [0.25, 0.3) is 0 Å². The van der Waals surface area contributed by atoms with Gasteiger partial charge in [0.25, 0.3) is 0 Å². The molecule has 4 atom stereocenters. The monoisotopic (exact) mass is 651 g/mol. The summed E-state index contributed by atoms with van der Waals surface area (Å²) < 4.78 is 56.2. The Kier molecular flexibility index (Phi) is 11.9. The maximum Gasteiger partial charge on any atom is 0.218 e. The summed E-state index contributed by atoms with van der Waals surface area (Å²) in [6, 6.07) is 42.3. The summed E-state index contributed by atoms with van der Waals surface area (Å²) in [5.74, 6) is -2.13. The molecule has 6 nitrogen and oxygen atoms in total. The van der Waals surface area contributed by atoms with E-state index in [-0.39, 0.29) is 19.8 Å². The summed E-state index contributed by atoms with van der Waals surface area (Å²) in [5.41, 5.74) is 3.92. The van der Waals surface area contributed by atoms with E-state index in [1.54, 1.807) is 0 Å². The zero-order valence-corrected chi connectivity index (χ0v) is 26.6. The number of para-hydroxylation sites is 1. The van der Waals surface area contributed by atoms with E-state index in [9.17, 15) is 0 Å². The third kappa shape index (κ3) is 9.13. The van der Waals surface area contributed by atoms with E-state index in [1.807, 2.05) is 121 Å². The van der Waals surface area contributed by atoms with Crippen molar-refractivity contribution in [3.8, 4) is 5.75 Å². The Balaban J connectivity index is 1.34. The van der Waals surface area contributed by atoms with Crippen LogP contribution < -0.4 is 4.84 Å². The summed E-state index contributed by atoms with van der Waals surface area (Å²) in [4.78, 5) is 6.10. The molecule has 48 heavy (non-hydrogen) atoms. The molecular formula is C40H39F2NO5. The summed E-state index contributed by atoms with van der Waals surface area (Å²) in [6.07, 6.45) is -1.88. The van der Waals surface area contributed by atoms with Gasteiger partial charge in [-0.25, -0.2) is 8.78 Å². The highest BCUT2D eigenvalue weighted by molar-refractivity contribution is 5.26. The van der Waals surface area contributed by atoms with E-state index in [0.29, 0.717) is 19.8 Å². The Bertz CT molecular complexity index is 1640. The van der Waals surface area contributed by atoms with Crippen molar-refractivity contribution in [2.24, 2.45) is 0 Å². The van der Waals surface area contributed by atoms with E-state index < -0.39 is 41.7 Å².